The van der Waals surface area contributed by atoms with E-state index in [2.05, 4.69) is 46.6 Å². The molecule has 0 N–H and O–H groups in total. The molecule has 4 heteroatoms. The molecule has 0 saturated carbocycles. The van der Waals surface area contributed by atoms with Crippen molar-refractivity contribution in [1.82, 2.24) is 19.6 Å². The van der Waals surface area contributed by atoms with Gasteiger partial charge in [0, 0.05) is 26.2 Å². The highest BCUT2D eigenvalue weighted by atomic mass is 15.7. The Hall–Kier alpha value is -1.32. The maximum atomic E-state index is 4.49. The highest BCUT2D eigenvalue weighted by Gasteiger charge is 2.70. The first-order valence-corrected chi connectivity index (χ1v) is 9.01. The topological polar surface area (TPSA) is 13.0 Å². The summed E-state index contributed by atoms with van der Waals surface area (Å²) < 4.78 is 0. The van der Waals surface area contributed by atoms with Crippen LogP contribution in [-0.2, 0) is 0 Å². The maximum absolute atomic E-state index is 4.49. The van der Waals surface area contributed by atoms with Gasteiger partial charge < -0.3 is 19.6 Å². The van der Waals surface area contributed by atoms with E-state index in [1.54, 1.807) is 0 Å². The lowest BCUT2D eigenvalue weighted by Crippen LogP contribution is -2.64. The van der Waals surface area contributed by atoms with E-state index >= 15 is 0 Å². The van der Waals surface area contributed by atoms with Crippen molar-refractivity contribution in [2.45, 2.75) is 63.7 Å². The summed E-state index contributed by atoms with van der Waals surface area (Å²) in [5.41, 5.74) is -0.0638. The van der Waals surface area contributed by atoms with Crippen molar-refractivity contribution >= 4 is 0 Å². The molecule has 0 amide bonds. The number of hydrogen-bond donors (Lipinski definition) is 0. The lowest BCUT2D eigenvalue weighted by molar-refractivity contribution is -0.0342. The van der Waals surface area contributed by atoms with Crippen LogP contribution in [0.2, 0.25) is 0 Å². The molecule has 4 rings (SSSR count). The summed E-state index contributed by atoms with van der Waals surface area (Å²) >= 11 is 0. The molecule has 122 valence electrons. The van der Waals surface area contributed by atoms with E-state index in [0.717, 1.165) is 26.2 Å². The quantitative estimate of drug-likeness (QED) is 0.682. The zero-order valence-electron chi connectivity index (χ0n) is 14.3. The minimum atomic E-state index is -0.0319. The molecule has 4 nitrogen and oxygen atoms in total. The molecule has 4 aliphatic rings. The molecule has 0 atom stereocenters. The standard InChI is InChI=1S/C18H30N4/c1-15-19-11-7-5-8-12-20(15)18(4)17(19,3)21-13-9-6-10-14-22(18)16(21)2/h1-2,5-14H2,3-4H3/t17-,18+. The Labute approximate surface area is 135 Å². The van der Waals surface area contributed by atoms with E-state index in [9.17, 15) is 0 Å². The minimum absolute atomic E-state index is 0.0319. The summed E-state index contributed by atoms with van der Waals surface area (Å²) in [4.78, 5) is 10.3. The van der Waals surface area contributed by atoms with Crippen molar-refractivity contribution in [1.29, 1.82) is 0 Å². The van der Waals surface area contributed by atoms with Gasteiger partial charge in [0.05, 0.1) is 0 Å². The maximum Gasteiger partial charge on any atom is 0.155 e. The fraction of sp³-hybridized carbons (Fsp3) is 0.778. The van der Waals surface area contributed by atoms with Crippen LogP contribution in [0.1, 0.15) is 52.4 Å². The van der Waals surface area contributed by atoms with E-state index < -0.39 is 0 Å². The van der Waals surface area contributed by atoms with Crippen molar-refractivity contribution in [2.75, 3.05) is 26.2 Å². The van der Waals surface area contributed by atoms with Crippen LogP contribution >= 0.6 is 0 Å². The summed E-state index contributed by atoms with van der Waals surface area (Å²) in [6, 6.07) is 0. The Bertz CT molecular complexity index is 433. The van der Waals surface area contributed by atoms with E-state index in [1.807, 2.05) is 0 Å². The van der Waals surface area contributed by atoms with Gasteiger partial charge in [-0.2, -0.15) is 0 Å². The molecule has 4 fully saturated rings. The van der Waals surface area contributed by atoms with Gasteiger partial charge >= 0.3 is 0 Å². The summed E-state index contributed by atoms with van der Waals surface area (Å²) in [5, 5.41) is 0. The predicted octanol–water partition coefficient (Wildman–Crippen LogP) is 2.96. The molecule has 0 unspecified atom stereocenters. The Kier molecular flexibility index (Phi) is 2.98. The molecule has 4 heterocycles. The number of fused-ring (bicyclic) bond motifs is 9. The third-order valence-electron chi connectivity index (χ3n) is 6.77. The largest absolute Gasteiger partial charge is 0.332 e. The van der Waals surface area contributed by atoms with Crippen LogP contribution in [0, 0.1) is 0 Å². The SMILES string of the molecule is C=C1N2CCCCCN1[C@]1(C)N3CCCCCN(C3=C)[C@]21C. The zero-order valence-corrected chi connectivity index (χ0v) is 14.3. The molecule has 4 saturated heterocycles. The third-order valence-corrected chi connectivity index (χ3v) is 6.77. The molecular formula is C18H30N4. The Balaban J connectivity index is 1.89. The first-order valence-electron chi connectivity index (χ1n) is 9.01. The smallest absolute Gasteiger partial charge is 0.155 e. The Morgan fingerprint density at radius 3 is 1.14 bits per heavy atom. The van der Waals surface area contributed by atoms with Crippen LogP contribution in [-0.4, -0.2) is 57.1 Å². The van der Waals surface area contributed by atoms with Crippen LogP contribution in [0.4, 0.5) is 0 Å². The lowest BCUT2D eigenvalue weighted by atomic mass is 9.95. The summed E-state index contributed by atoms with van der Waals surface area (Å²) in [5.74, 6) is 2.46. The number of hydrogen-bond acceptors (Lipinski definition) is 4. The second-order valence-electron chi connectivity index (χ2n) is 7.60. The normalized spacial score (nSPS) is 38.6. The summed E-state index contributed by atoms with van der Waals surface area (Å²) in [7, 11) is 0. The first kappa shape index (κ1) is 14.3. The van der Waals surface area contributed by atoms with Gasteiger partial charge in [0.25, 0.3) is 0 Å². The molecule has 0 spiro atoms. The van der Waals surface area contributed by atoms with Crippen molar-refractivity contribution in [3.63, 3.8) is 0 Å². The third kappa shape index (κ3) is 1.44. The molecule has 22 heavy (non-hydrogen) atoms. The van der Waals surface area contributed by atoms with E-state index in [4.69, 9.17) is 0 Å². The van der Waals surface area contributed by atoms with E-state index in [1.165, 1.54) is 50.2 Å². The van der Waals surface area contributed by atoms with Gasteiger partial charge in [-0.05, 0) is 52.4 Å². The average molecular weight is 302 g/mol. The lowest BCUT2D eigenvalue weighted by Gasteiger charge is -2.46. The molecule has 0 radical (unpaired) electrons. The van der Waals surface area contributed by atoms with Gasteiger partial charge in [-0.25, -0.2) is 0 Å². The highest BCUT2D eigenvalue weighted by Crippen LogP contribution is 2.57. The highest BCUT2D eigenvalue weighted by molar-refractivity contribution is 5.31. The van der Waals surface area contributed by atoms with Crippen molar-refractivity contribution < 1.29 is 0 Å². The molecule has 4 bridgehead atoms. The van der Waals surface area contributed by atoms with Gasteiger partial charge in [0.1, 0.15) is 11.6 Å². The predicted molar refractivity (Wildman–Crippen MR) is 89.6 cm³/mol. The second kappa shape index (κ2) is 4.59. The zero-order chi connectivity index (χ0) is 15.5. The van der Waals surface area contributed by atoms with E-state index in [0.29, 0.717) is 0 Å². The van der Waals surface area contributed by atoms with Crippen LogP contribution in [0.15, 0.2) is 24.8 Å². The van der Waals surface area contributed by atoms with Gasteiger partial charge in [0.2, 0.25) is 0 Å². The fourth-order valence-corrected chi connectivity index (χ4v) is 5.43. The monoisotopic (exact) mass is 302 g/mol. The Morgan fingerprint density at radius 1 is 0.591 bits per heavy atom. The van der Waals surface area contributed by atoms with Crippen LogP contribution < -0.4 is 0 Å². The second-order valence-corrected chi connectivity index (χ2v) is 7.60. The molecule has 4 aliphatic heterocycles. The van der Waals surface area contributed by atoms with E-state index in [-0.39, 0.29) is 11.3 Å². The number of rotatable bonds is 0. The first-order chi connectivity index (χ1) is 10.5. The molecule has 0 aromatic carbocycles. The summed E-state index contributed by atoms with van der Waals surface area (Å²) in [6.45, 7) is 18.3. The average Bonchev–Trinajstić information content (AvgIpc) is 2.75. The minimum Gasteiger partial charge on any atom is -0.332 e. The van der Waals surface area contributed by atoms with Crippen molar-refractivity contribution in [3.05, 3.63) is 24.8 Å². The van der Waals surface area contributed by atoms with Crippen molar-refractivity contribution in [3.8, 4) is 0 Å². The summed E-state index contributed by atoms with van der Waals surface area (Å²) in [6.07, 6.45) is 7.76. The fourth-order valence-electron chi connectivity index (χ4n) is 5.43. The van der Waals surface area contributed by atoms with Gasteiger partial charge in [-0.15, -0.1) is 0 Å². The molecule has 0 aromatic rings. The number of nitrogens with zero attached hydrogens (tertiary/aromatic N) is 4. The molecule has 0 aliphatic carbocycles. The van der Waals surface area contributed by atoms with Crippen molar-refractivity contribution in [2.24, 2.45) is 0 Å². The Morgan fingerprint density at radius 2 is 0.864 bits per heavy atom. The molecule has 0 aromatic heterocycles. The molecular weight excluding hydrogens is 272 g/mol. The van der Waals surface area contributed by atoms with Crippen LogP contribution in [0.3, 0.4) is 0 Å². The van der Waals surface area contributed by atoms with Crippen LogP contribution in [0.25, 0.3) is 0 Å². The van der Waals surface area contributed by atoms with Gasteiger partial charge in [0.15, 0.2) is 11.3 Å². The van der Waals surface area contributed by atoms with Gasteiger partial charge in [-0.1, -0.05) is 13.2 Å². The van der Waals surface area contributed by atoms with Gasteiger partial charge in [-0.3, -0.25) is 0 Å². The van der Waals surface area contributed by atoms with Crippen LogP contribution in [0.5, 0.6) is 0 Å².